The Hall–Kier alpha value is -3.48. The maximum Gasteiger partial charge on any atom is 0.409 e. The molecule has 1 aromatic heterocycles. The van der Waals surface area contributed by atoms with E-state index in [1.54, 1.807) is 0 Å². The van der Waals surface area contributed by atoms with Gasteiger partial charge in [-0.05, 0) is 36.2 Å². The molecule has 0 saturated heterocycles. The smallest absolute Gasteiger partial charge is 0.409 e. The second-order valence-corrected chi connectivity index (χ2v) is 10.6. The molecule has 1 aliphatic heterocycles. The number of methoxy groups -OCH3 is 1. The van der Waals surface area contributed by atoms with Crippen LogP contribution in [0, 0.1) is 0 Å². The van der Waals surface area contributed by atoms with Crippen LogP contribution in [0.2, 0.25) is 0 Å². The molecule has 10 nitrogen and oxygen atoms in total. The van der Waals surface area contributed by atoms with E-state index in [2.05, 4.69) is 18.5 Å². The van der Waals surface area contributed by atoms with Crippen LogP contribution in [-0.2, 0) is 27.7 Å². The number of carbonyl (C=O) groups is 3. The molecule has 186 valence electrons. The Bertz CT molecular complexity index is 1260. The number of nitrogens with one attached hydrogen (secondary N) is 1. The lowest BCUT2D eigenvalue weighted by atomic mass is 10.0. The first-order valence-electron chi connectivity index (χ1n) is 10.5. The van der Waals surface area contributed by atoms with Gasteiger partial charge in [-0.1, -0.05) is 12.2 Å². The van der Waals surface area contributed by atoms with Gasteiger partial charge in [0.25, 0.3) is 11.8 Å². The number of benzene rings is 1. The molecule has 0 saturated carbocycles. The number of amides is 3. The number of primary amides is 1. The van der Waals surface area contributed by atoms with Gasteiger partial charge in [0.2, 0.25) is 10.0 Å². The van der Waals surface area contributed by atoms with Crippen LogP contribution in [0.5, 0.6) is 0 Å². The first kappa shape index (κ1) is 26.1. The van der Waals surface area contributed by atoms with E-state index in [0.717, 1.165) is 16.2 Å². The lowest BCUT2D eigenvalue weighted by molar-refractivity contribution is 0.0999. The molecule has 12 heteroatoms. The third kappa shape index (κ3) is 5.45. The number of nitrogens with zero attached hydrogens (tertiary/aromatic N) is 2. The minimum atomic E-state index is -3.80. The molecule has 0 unspecified atom stereocenters. The fourth-order valence-electron chi connectivity index (χ4n) is 3.70. The highest BCUT2D eigenvalue weighted by Gasteiger charge is 2.30. The predicted octanol–water partition coefficient (Wildman–Crippen LogP) is 2.59. The zero-order valence-electron chi connectivity index (χ0n) is 19.2. The van der Waals surface area contributed by atoms with Crippen molar-refractivity contribution in [2.45, 2.75) is 17.9 Å². The third-order valence-electron chi connectivity index (χ3n) is 5.38. The average molecular weight is 519 g/mol. The number of sulfonamides is 1. The van der Waals surface area contributed by atoms with Gasteiger partial charge in [0, 0.05) is 30.1 Å². The minimum absolute atomic E-state index is 0.0186. The molecule has 3 N–H and O–H groups in total. The highest BCUT2D eigenvalue weighted by molar-refractivity contribution is 7.89. The highest BCUT2D eigenvalue weighted by Crippen LogP contribution is 2.37. The SMILES string of the molecule is C=CCN(CC=C)S(=O)(=O)c1ccc(C(=O)Nc2sc3c(c2C(N)=O)CCN(C(=O)OC)C3)cc1. The second-order valence-electron chi connectivity index (χ2n) is 7.59. The van der Waals surface area contributed by atoms with Crippen molar-refractivity contribution >= 4 is 44.3 Å². The van der Waals surface area contributed by atoms with Crippen molar-refractivity contribution in [2.24, 2.45) is 5.73 Å². The summed E-state index contributed by atoms with van der Waals surface area (Å²) >= 11 is 1.16. The number of carbonyl (C=O) groups excluding carboxylic acids is 3. The predicted molar refractivity (Wildman–Crippen MR) is 133 cm³/mol. The van der Waals surface area contributed by atoms with E-state index < -0.39 is 27.9 Å². The molecule has 35 heavy (non-hydrogen) atoms. The van der Waals surface area contributed by atoms with Crippen LogP contribution in [-0.4, -0.2) is 62.3 Å². The largest absolute Gasteiger partial charge is 0.453 e. The molecule has 3 amide bonds. The van der Waals surface area contributed by atoms with Crippen molar-refractivity contribution in [2.75, 3.05) is 32.1 Å². The number of nitrogens with two attached hydrogens (primary N) is 1. The van der Waals surface area contributed by atoms with Crippen molar-refractivity contribution in [1.82, 2.24) is 9.21 Å². The minimum Gasteiger partial charge on any atom is -0.453 e. The Labute approximate surface area is 207 Å². The lowest BCUT2D eigenvalue weighted by Gasteiger charge is -2.25. The number of anilines is 1. The zero-order chi connectivity index (χ0) is 25.8. The van der Waals surface area contributed by atoms with E-state index in [-0.39, 0.29) is 40.7 Å². The normalized spacial score (nSPS) is 13.1. The average Bonchev–Trinajstić information content (AvgIpc) is 3.20. The molecule has 2 heterocycles. The molecule has 0 radical (unpaired) electrons. The molecule has 0 spiro atoms. The molecule has 3 rings (SSSR count). The quantitative estimate of drug-likeness (QED) is 0.489. The molecular formula is C23H26N4O6S2. The summed E-state index contributed by atoms with van der Waals surface area (Å²) in [6, 6.07) is 5.45. The molecule has 1 aromatic carbocycles. The van der Waals surface area contributed by atoms with Gasteiger partial charge in [0.05, 0.1) is 24.1 Å². The Balaban J connectivity index is 1.84. The fourth-order valence-corrected chi connectivity index (χ4v) is 6.34. The summed E-state index contributed by atoms with van der Waals surface area (Å²) in [5.74, 6) is -1.22. The maximum absolute atomic E-state index is 12.9. The topological polar surface area (TPSA) is 139 Å². The van der Waals surface area contributed by atoms with E-state index in [4.69, 9.17) is 10.5 Å². The lowest BCUT2D eigenvalue weighted by Crippen LogP contribution is -2.35. The number of thiophene rings is 1. The van der Waals surface area contributed by atoms with Gasteiger partial charge in [-0.2, -0.15) is 4.31 Å². The van der Waals surface area contributed by atoms with Crippen molar-refractivity contribution in [3.63, 3.8) is 0 Å². The van der Waals surface area contributed by atoms with Crippen LogP contribution in [0.3, 0.4) is 0 Å². The zero-order valence-corrected chi connectivity index (χ0v) is 20.8. The second kappa shape index (κ2) is 10.8. The van der Waals surface area contributed by atoms with Gasteiger partial charge in [0.15, 0.2) is 0 Å². The number of fused-ring (bicyclic) bond motifs is 1. The van der Waals surface area contributed by atoms with E-state index in [9.17, 15) is 22.8 Å². The number of rotatable bonds is 9. The van der Waals surface area contributed by atoms with Gasteiger partial charge >= 0.3 is 6.09 Å². The van der Waals surface area contributed by atoms with E-state index >= 15 is 0 Å². The first-order valence-corrected chi connectivity index (χ1v) is 12.8. The Morgan fingerprint density at radius 1 is 1.20 bits per heavy atom. The van der Waals surface area contributed by atoms with Gasteiger partial charge in [-0.3, -0.25) is 9.59 Å². The highest BCUT2D eigenvalue weighted by atomic mass is 32.2. The third-order valence-corrected chi connectivity index (χ3v) is 8.36. The molecule has 0 bridgehead atoms. The summed E-state index contributed by atoms with van der Waals surface area (Å²) < 4.78 is 31.7. The van der Waals surface area contributed by atoms with Gasteiger partial charge < -0.3 is 20.7 Å². The Morgan fingerprint density at radius 3 is 2.37 bits per heavy atom. The van der Waals surface area contributed by atoms with Crippen LogP contribution < -0.4 is 11.1 Å². The van der Waals surface area contributed by atoms with Crippen LogP contribution in [0.15, 0.2) is 54.5 Å². The Morgan fingerprint density at radius 2 is 1.83 bits per heavy atom. The summed E-state index contributed by atoms with van der Waals surface area (Å²) in [6.45, 7) is 7.98. The fraction of sp³-hybridized carbons (Fsp3) is 0.261. The van der Waals surface area contributed by atoms with E-state index in [0.29, 0.717) is 18.5 Å². The van der Waals surface area contributed by atoms with Crippen molar-refractivity contribution < 1.29 is 27.5 Å². The molecule has 2 aromatic rings. The van der Waals surface area contributed by atoms with Crippen molar-refractivity contribution in [1.29, 1.82) is 0 Å². The standard InChI is InChI=1S/C23H26N4O6S2/c1-4-11-27(12-5-2)35(31,32)16-8-6-15(7-9-16)21(29)25-22-19(20(24)28)17-10-13-26(23(30)33-3)14-18(17)34-22/h4-9H,1-2,10-14H2,3H3,(H2,24,28)(H,25,29). The van der Waals surface area contributed by atoms with Crippen LogP contribution in [0.4, 0.5) is 9.80 Å². The summed E-state index contributed by atoms with van der Waals surface area (Å²) in [6.07, 6.45) is 2.87. The Kier molecular flexibility index (Phi) is 8.10. The van der Waals surface area contributed by atoms with Crippen LogP contribution >= 0.6 is 11.3 Å². The number of hydrogen-bond acceptors (Lipinski definition) is 7. The molecule has 0 atom stereocenters. The van der Waals surface area contributed by atoms with Gasteiger partial charge in [0.1, 0.15) is 5.00 Å². The summed E-state index contributed by atoms with van der Waals surface area (Å²) in [5, 5.41) is 2.98. The summed E-state index contributed by atoms with van der Waals surface area (Å²) in [7, 11) is -2.51. The monoisotopic (exact) mass is 518 g/mol. The summed E-state index contributed by atoms with van der Waals surface area (Å²) in [5.41, 5.74) is 6.70. The summed E-state index contributed by atoms with van der Waals surface area (Å²) in [4.78, 5) is 39.2. The maximum atomic E-state index is 12.9. The molecular weight excluding hydrogens is 492 g/mol. The van der Waals surface area contributed by atoms with E-state index in [1.807, 2.05) is 0 Å². The van der Waals surface area contributed by atoms with Gasteiger partial charge in [-0.15, -0.1) is 24.5 Å². The molecule has 0 fully saturated rings. The van der Waals surface area contributed by atoms with Crippen LogP contribution in [0.25, 0.3) is 0 Å². The number of ether oxygens (including phenoxy) is 1. The molecule has 0 aliphatic carbocycles. The molecule has 1 aliphatic rings. The van der Waals surface area contributed by atoms with Crippen LogP contribution in [0.1, 0.15) is 31.2 Å². The first-order chi connectivity index (χ1) is 16.6. The van der Waals surface area contributed by atoms with E-state index in [1.165, 1.54) is 52.7 Å². The van der Waals surface area contributed by atoms with Crippen molar-refractivity contribution in [3.8, 4) is 0 Å². The number of hydrogen-bond donors (Lipinski definition) is 2. The van der Waals surface area contributed by atoms with Gasteiger partial charge in [-0.25, -0.2) is 13.2 Å². The van der Waals surface area contributed by atoms with Crippen molar-refractivity contribution in [3.05, 3.63) is 71.1 Å².